The molecule has 1 aromatic heterocycles. The second-order valence-corrected chi connectivity index (χ2v) is 16.1. The van der Waals surface area contributed by atoms with Crippen LogP contribution in [0.15, 0.2) is 53.6 Å². The van der Waals surface area contributed by atoms with E-state index in [0.29, 0.717) is 32.1 Å². The van der Waals surface area contributed by atoms with Gasteiger partial charge in [-0.25, -0.2) is 18.7 Å². The molecule has 2 aromatic carbocycles. The Kier molecular flexibility index (Phi) is 13.4. The number of nitrogens with one attached hydrogen (secondary N) is 2. The molecular weight excluding hydrogens is 737 g/mol. The highest BCUT2D eigenvalue weighted by Crippen LogP contribution is 2.37. The first-order chi connectivity index (χ1) is 26.3. The number of carbonyl (C=O) groups excluding carboxylic acids is 2. The summed E-state index contributed by atoms with van der Waals surface area (Å²) in [6, 6.07) is 12.0. The number of alkyl halides is 3. The number of nitrogens with two attached hydrogens (primary N) is 1. The molecule has 3 unspecified atom stereocenters. The van der Waals surface area contributed by atoms with Gasteiger partial charge in [0.2, 0.25) is 17.8 Å². The lowest BCUT2D eigenvalue weighted by atomic mass is 9.90. The lowest BCUT2D eigenvalue weighted by molar-refractivity contribution is -0.138. The molecular formula is C39H50F4N8O3S. The van der Waals surface area contributed by atoms with Crippen LogP contribution in [0.1, 0.15) is 81.8 Å². The van der Waals surface area contributed by atoms with Gasteiger partial charge in [-0.1, -0.05) is 25.5 Å². The minimum Gasteiger partial charge on any atom is -0.372 e. The van der Waals surface area contributed by atoms with E-state index in [-0.39, 0.29) is 46.0 Å². The minimum atomic E-state index is -4.60. The molecule has 0 bridgehead atoms. The van der Waals surface area contributed by atoms with E-state index >= 15 is 0 Å². The third-order valence-corrected chi connectivity index (χ3v) is 11.6. The van der Waals surface area contributed by atoms with Gasteiger partial charge in [0.1, 0.15) is 28.2 Å². The Balaban J connectivity index is 0.000000187. The predicted octanol–water partition coefficient (Wildman–Crippen LogP) is 6.50. The average Bonchev–Trinajstić information content (AvgIpc) is 3.16. The molecule has 11 nitrogen and oxygen atoms in total. The summed E-state index contributed by atoms with van der Waals surface area (Å²) < 4.78 is 65.6. The fraction of sp³-hybridized carbons (Fsp3) is 0.538. The molecule has 3 atom stereocenters. The van der Waals surface area contributed by atoms with Crippen LogP contribution >= 0.6 is 0 Å². The fourth-order valence-corrected chi connectivity index (χ4v) is 8.33. The number of amides is 2. The van der Waals surface area contributed by atoms with Crippen molar-refractivity contribution in [1.82, 2.24) is 20.2 Å². The standard InChI is InChI=1S/C22H31N3O2.C17H19F4N5OS/c26-21-9-8-20(22(27)23-21)18-4-6-19(7-5-18)25-14-10-17(11-15-25)16-24-12-2-1-3-13-24;1-10-3-2-6-26(9-10)15-12(17(19,20)21)8-23-16(25-15)24-14-5-4-11(28(22)27)7-13(14)18/h4-7,17,20H,1-3,8-16H2,(H,23,26,27);4-5,7-8,10H,2-3,6,9,22H2,1H3,(H,23,24,25). The van der Waals surface area contributed by atoms with Crippen LogP contribution in [0.25, 0.3) is 0 Å². The smallest absolute Gasteiger partial charge is 0.372 e. The first-order valence-electron chi connectivity index (χ1n) is 19.2. The molecule has 3 aromatic rings. The van der Waals surface area contributed by atoms with Gasteiger partial charge in [0.15, 0.2) is 0 Å². The monoisotopic (exact) mass is 786 g/mol. The van der Waals surface area contributed by atoms with Crippen LogP contribution in [-0.2, 0) is 26.8 Å². The van der Waals surface area contributed by atoms with E-state index in [4.69, 9.17) is 5.14 Å². The number of likely N-dealkylation sites (tertiary alicyclic amines) is 1. The predicted molar refractivity (Wildman–Crippen MR) is 205 cm³/mol. The van der Waals surface area contributed by atoms with E-state index in [1.165, 1.54) is 69.6 Å². The summed E-state index contributed by atoms with van der Waals surface area (Å²) in [5.74, 6) is -0.582. The largest absolute Gasteiger partial charge is 0.421 e. The van der Waals surface area contributed by atoms with Crippen LogP contribution in [0, 0.1) is 17.7 Å². The molecule has 16 heteroatoms. The summed E-state index contributed by atoms with van der Waals surface area (Å²) in [5.41, 5.74) is 1.28. The topological polar surface area (TPSA) is 137 Å². The van der Waals surface area contributed by atoms with Gasteiger partial charge in [0.25, 0.3) is 0 Å². The Labute approximate surface area is 322 Å². The number of halogens is 4. The quantitative estimate of drug-likeness (QED) is 0.173. The molecule has 4 fully saturated rings. The highest BCUT2D eigenvalue weighted by Gasteiger charge is 2.38. The molecule has 2 amide bonds. The second-order valence-electron chi connectivity index (χ2n) is 15.1. The zero-order valence-corrected chi connectivity index (χ0v) is 31.9. The van der Waals surface area contributed by atoms with E-state index in [1.807, 2.05) is 6.92 Å². The van der Waals surface area contributed by atoms with Crippen molar-refractivity contribution in [2.45, 2.75) is 81.7 Å². The van der Waals surface area contributed by atoms with Crippen LogP contribution in [0.4, 0.5) is 40.7 Å². The number of anilines is 4. The van der Waals surface area contributed by atoms with Gasteiger partial charge < -0.3 is 20.0 Å². The molecule has 0 saturated carbocycles. The Morgan fingerprint density at radius 2 is 1.65 bits per heavy atom. The molecule has 7 rings (SSSR count). The Hall–Kier alpha value is -4.15. The second kappa shape index (κ2) is 18.2. The highest BCUT2D eigenvalue weighted by atomic mass is 32.2. The van der Waals surface area contributed by atoms with Crippen molar-refractivity contribution in [1.29, 1.82) is 0 Å². The molecule has 0 radical (unpaired) electrons. The van der Waals surface area contributed by atoms with Gasteiger partial charge >= 0.3 is 6.18 Å². The van der Waals surface area contributed by atoms with Crippen molar-refractivity contribution in [3.05, 3.63) is 65.6 Å². The van der Waals surface area contributed by atoms with Crippen molar-refractivity contribution in [3.63, 3.8) is 0 Å². The lowest BCUT2D eigenvalue weighted by Gasteiger charge is -2.37. The maximum atomic E-state index is 14.2. The number of aromatic nitrogens is 2. The van der Waals surface area contributed by atoms with Crippen molar-refractivity contribution < 1.29 is 31.4 Å². The molecule has 0 aliphatic carbocycles. The SMILES string of the molecule is CC1CCCN(c2nc(Nc3ccc(S(N)=O)cc3F)ncc2C(F)(F)F)C1.O=C1CCC(c2ccc(N3CCC(CN4CCCCC4)CC3)cc2)C(=O)N1. The Morgan fingerprint density at radius 3 is 2.29 bits per heavy atom. The van der Waals surface area contributed by atoms with E-state index in [9.17, 15) is 31.4 Å². The zero-order chi connectivity index (χ0) is 39.1. The molecule has 298 valence electrons. The third-order valence-electron chi connectivity index (χ3n) is 10.9. The van der Waals surface area contributed by atoms with Gasteiger partial charge in [0.05, 0.1) is 16.5 Å². The molecule has 4 N–H and O–H groups in total. The fourth-order valence-electron chi connectivity index (χ4n) is 7.91. The molecule has 4 aliphatic rings. The maximum Gasteiger partial charge on any atom is 0.421 e. The van der Waals surface area contributed by atoms with Crippen molar-refractivity contribution in [2.24, 2.45) is 17.0 Å². The summed E-state index contributed by atoms with van der Waals surface area (Å²) in [5, 5.41) is 10.2. The molecule has 0 spiro atoms. The van der Waals surface area contributed by atoms with E-state index < -0.39 is 28.5 Å². The van der Waals surface area contributed by atoms with Gasteiger partial charge in [0, 0.05) is 51.0 Å². The number of hydrogen-bond donors (Lipinski definition) is 3. The molecule has 4 aliphatic heterocycles. The molecule has 5 heterocycles. The first-order valence-corrected chi connectivity index (χ1v) is 20.4. The summed E-state index contributed by atoms with van der Waals surface area (Å²) >= 11 is 0. The number of hydrogen-bond acceptors (Lipinski definition) is 9. The van der Waals surface area contributed by atoms with E-state index in [2.05, 4.69) is 54.7 Å². The summed E-state index contributed by atoms with van der Waals surface area (Å²) in [7, 11) is -1.85. The van der Waals surface area contributed by atoms with Gasteiger partial charge in [-0.15, -0.1) is 0 Å². The Morgan fingerprint density at radius 1 is 0.927 bits per heavy atom. The lowest BCUT2D eigenvalue weighted by Crippen LogP contribution is -2.40. The average molecular weight is 787 g/mol. The normalized spacial score (nSPS) is 22.1. The van der Waals surface area contributed by atoms with Gasteiger partial charge in [-0.3, -0.25) is 14.9 Å². The van der Waals surface area contributed by atoms with E-state index in [0.717, 1.165) is 43.5 Å². The number of imide groups is 1. The van der Waals surface area contributed by atoms with Crippen molar-refractivity contribution in [3.8, 4) is 0 Å². The molecule has 4 saturated heterocycles. The maximum absolute atomic E-state index is 14.2. The summed E-state index contributed by atoms with van der Waals surface area (Å²) in [6.45, 7) is 8.98. The van der Waals surface area contributed by atoms with Crippen LogP contribution in [0.5, 0.6) is 0 Å². The van der Waals surface area contributed by atoms with Gasteiger partial charge in [-0.2, -0.15) is 18.2 Å². The Bertz CT molecular complexity index is 1820. The zero-order valence-electron chi connectivity index (χ0n) is 31.1. The van der Waals surface area contributed by atoms with Crippen molar-refractivity contribution >= 4 is 45.9 Å². The summed E-state index contributed by atoms with van der Waals surface area (Å²) in [4.78, 5) is 37.9. The van der Waals surface area contributed by atoms with Gasteiger partial charge in [-0.05, 0) is 106 Å². The number of piperidine rings is 4. The van der Waals surface area contributed by atoms with Crippen LogP contribution in [0.3, 0.4) is 0 Å². The third kappa shape index (κ3) is 10.8. The number of rotatable bonds is 8. The van der Waals surface area contributed by atoms with Crippen molar-refractivity contribution in [2.75, 3.05) is 60.9 Å². The molecule has 55 heavy (non-hydrogen) atoms. The number of carbonyl (C=O) groups is 2. The number of benzene rings is 2. The van der Waals surface area contributed by atoms with Crippen LogP contribution in [-0.4, -0.2) is 76.7 Å². The minimum absolute atomic E-state index is 0.0630. The summed E-state index contributed by atoms with van der Waals surface area (Å²) in [6.07, 6.45) is 5.54. The van der Waals surface area contributed by atoms with Crippen LogP contribution < -0.4 is 25.6 Å². The number of nitrogens with zero attached hydrogens (tertiary/aromatic N) is 5. The first kappa shape index (κ1) is 40.5. The van der Waals surface area contributed by atoms with E-state index in [1.54, 1.807) is 4.90 Å². The van der Waals surface area contributed by atoms with Crippen LogP contribution in [0.2, 0.25) is 0 Å². The highest BCUT2D eigenvalue weighted by molar-refractivity contribution is 7.82.